The molecule has 2 aromatic rings. The van der Waals surface area contributed by atoms with Gasteiger partial charge in [0.25, 0.3) is 10.0 Å². The van der Waals surface area contributed by atoms with E-state index in [2.05, 4.69) is 19.9 Å². The van der Waals surface area contributed by atoms with E-state index in [1.54, 1.807) is 18.5 Å². The molecule has 2 rings (SSSR count). The molecule has 102 valence electrons. The second-order valence-corrected chi connectivity index (χ2v) is 5.60. The van der Waals surface area contributed by atoms with Gasteiger partial charge in [-0.05, 0) is 18.1 Å². The number of aromatic nitrogens is 3. The van der Waals surface area contributed by atoms with Crippen molar-refractivity contribution in [3.8, 4) is 0 Å². The van der Waals surface area contributed by atoms with Crippen LogP contribution in [-0.4, -0.2) is 35.3 Å². The fraction of sp³-hybridized carbons (Fsp3) is 0.273. The minimum absolute atomic E-state index is 0.0961. The quantitative estimate of drug-likeness (QED) is 0.681. The Bertz CT molecular complexity index is 624. The summed E-state index contributed by atoms with van der Waals surface area (Å²) in [5, 5.41) is 14.9. The Morgan fingerprint density at radius 3 is 2.89 bits per heavy atom. The van der Waals surface area contributed by atoms with Gasteiger partial charge in [-0.2, -0.15) is 5.10 Å². The first kappa shape index (κ1) is 13.7. The van der Waals surface area contributed by atoms with Crippen molar-refractivity contribution in [2.75, 3.05) is 6.54 Å². The highest BCUT2D eigenvalue weighted by Crippen LogP contribution is 2.11. The van der Waals surface area contributed by atoms with Crippen molar-refractivity contribution in [2.45, 2.75) is 18.1 Å². The van der Waals surface area contributed by atoms with E-state index < -0.39 is 10.0 Å². The fourth-order valence-corrected chi connectivity index (χ4v) is 2.74. The number of aliphatic hydroxyl groups is 1. The molecule has 7 nitrogen and oxygen atoms in total. The number of pyridine rings is 1. The highest BCUT2D eigenvalue weighted by Gasteiger charge is 2.19. The largest absolute Gasteiger partial charge is 0.392 e. The van der Waals surface area contributed by atoms with Crippen molar-refractivity contribution in [1.82, 2.24) is 19.9 Å². The predicted molar refractivity (Wildman–Crippen MR) is 67.6 cm³/mol. The molecule has 0 bridgehead atoms. The first-order chi connectivity index (χ1) is 9.13. The number of sulfonamides is 1. The SMILES string of the molecule is O=S(=O)(NCCc1cccnc1)c1[nH]ncc1CO. The van der Waals surface area contributed by atoms with Gasteiger partial charge in [-0.25, -0.2) is 13.1 Å². The highest BCUT2D eigenvalue weighted by molar-refractivity contribution is 7.89. The average molecular weight is 282 g/mol. The van der Waals surface area contributed by atoms with Gasteiger partial charge in [0.05, 0.1) is 12.8 Å². The summed E-state index contributed by atoms with van der Waals surface area (Å²) in [7, 11) is -3.68. The Labute approximate surface area is 110 Å². The standard InChI is InChI=1S/C11H14N4O3S/c16-8-10-7-13-15-11(10)19(17,18)14-5-3-9-2-1-4-12-6-9/h1-2,4,6-7,14,16H,3,5,8H2,(H,13,15). The summed E-state index contributed by atoms with van der Waals surface area (Å²) in [6.07, 6.45) is 5.17. The van der Waals surface area contributed by atoms with Gasteiger partial charge < -0.3 is 5.11 Å². The van der Waals surface area contributed by atoms with Crippen LogP contribution in [0.15, 0.2) is 35.7 Å². The normalized spacial score (nSPS) is 11.6. The molecule has 0 spiro atoms. The Balaban J connectivity index is 1.99. The third kappa shape index (κ3) is 3.37. The molecule has 0 fully saturated rings. The maximum atomic E-state index is 12.0. The lowest BCUT2D eigenvalue weighted by Gasteiger charge is -2.06. The van der Waals surface area contributed by atoms with Gasteiger partial charge >= 0.3 is 0 Å². The minimum atomic E-state index is -3.68. The third-order valence-corrected chi connectivity index (χ3v) is 4.02. The number of aromatic amines is 1. The second kappa shape index (κ2) is 5.91. The van der Waals surface area contributed by atoms with E-state index in [0.29, 0.717) is 6.42 Å². The maximum absolute atomic E-state index is 12.0. The number of hydrogen-bond donors (Lipinski definition) is 3. The molecule has 2 aromatic heterocycles. The molecule has 0 atom stereocenters. The number of aliphatic hydroxyl groups excluding tert-OH is 1. The van der Waals surface area contributed by atoms with Gasteiger partial charge in [-0.3, -0.25) is 10.1 Å². The average Bonchev–Trinajstić information content (AvgIpc) is 2.89. The molecule has 2 heterocycles. The van der Waals surface area contributed by atoms with Crippen LogP contribution < -0.4 is 4.72 Å². The van der Waals surface area contributed by atoms with Gasteiger partial charge in [0.2, 0.25) is 0 Å². The van der Waals surface area contributed by atoms with E-state index in [9.17, 15) is 8.42 Å². The van der Waals surface area contributed by atoms with E-state index in [1.165, 1.54) is 6.20 Å². The van der Waals surface area contributed by atoms with E-state index in [-0.39, 0.29) is 23.7 Å². The molecule has 0 saturated carbocycles. The number of nitrogens with one attached hydrogen (secondary N) is 2. The summed E-state index contributed by atoms with van der Waals surface area (Å²) in [6, 6.07) is 3.67. The smallest absolute Gasteiger partial charge is 0.257 e. The summed E-state index contributed by atoms with van der Waals surface area (Å²) in [5.74, 6) is 0. The van der Waals surface area contributed by atoms with E-state index in [1.807, 2.05) is 6.07 Å². The van der Waals surface area contributed by atoms with Crippen molar-refractivity contribution in [3.63, 3.8) is 0 Å². The van der Waals surface area contributed by atoms with Gasteiger partial charge in [0.1, 0.15) is 0 Å². The second-order valence-electron chi connectivity index (χ2n) is 3.89. The highest BCUT2D eigenvalue weighted by atomic mass is 32.2. The maximum Gasteiger partial charge on any atom is 0.257 e. The first-order valence-corrected chi connectivity index (χ1v) is 7.13. The molecule has 0 unspecified atom stereocenters. The molecule has 0 radical (unpaired) electrons. The monoisotopic (exact) mass is 282 g/mol. The van der Waals surface area contributed by atoms with Crippen molar-refractivity contribution >= 4 is 10.0 Å². The molecule has 0 aliphatic rings. The summed E-state index contributed by atoms with van der Waals surface area (Å²) in [4.78, 5) is 3.95. The lowest BCUT2D eigenvalue weighted by Crippen LogP contribution is -2.27. The molecule has 0 aliphatic heterocycles. The van der Waals surface area contributed by atoms with Crippen LogP contribution in [0.4, 0.5) is 0 Å². The van der Waals surface area contributed by atoms with Gasteiger partial charge in [-0.1, -0.05) is 6.07 Å². The van der Waals surface area contributed by atoms with Crippen molar-refractivity contribution in [2.24, 2.45) is 0 Å². The molecule has 0 aromatic carbocycles. The van der Waals surface area contributed by atoms with Gasteiger partial charge in [0, 0.05) is 24.5 Å². The first-order valence-electron chi connectivity index (χ1n) is 5.65. The van der Waals surface area contributed by atoms with Crippen LogP contribution in [0.5, 0.6) is 0 Å². The summed E-state index contributed by atoms with van der Waals surface area (Å²) in [6.45, 7) is -0.132. The zero-order chi connectivity index (χ0) is 13.7. The summed E-state index contributed by atoms with van der Waals surface area (Å²) in [5.41, 5.74) is 1.19. The van der Waals surface area contributed by atoms with Crippen molar-refractivity contribution in [3.05, 3.63) is 41.9 Å². The fourth-order valence-electron chi connectivity index (χ4n) is 1.59. The molecule has 8 heteroatoms. The lowest BCUT2D eigenvalue weighted by molar-refractivity contribution is 0.278. The Kier molecular flexibility index (Phi) is 4.25. The van der Waals surface area contributed by atoms with Crippen LogP contribution in [0.3, 0.4) is 0 Å². The van der Waals surface area contributed by atoms with Crippen LogP contribution in [0.2, 0.25) is 0 Å². The minimum Gasteiger partial charge on any atom is -0.392 e. The zero-order valence-corrected chi connectivity index (χ0v) is 10.9. The van der Waals surface area contributed by atoms with E-state index in [4.69, 9.17) is 5.11 Å². The molecule has 3 N–H and O–H groups in total. The summed E-state index contributed by atoms with van der Waals surface area (Å²) >= 11 is 0. The van der Waals surface area contributed by atoms with E-state index >= 15 is 0 Å². The third-order valence-electron chi connectivity index (χ3n) is 2.55. The van der Waals surface area contributed by atoms with Crippen LogP contribution in [0.25, 0.3) is 0 Å². The van der Waals surface area contributed by atoms with Crippen molar-refractivity contribution < 1.29 is 13.5 Å². The number of rotatable bonds is 6. The molecule has 0 saturated heterocycles. The summed E-state index contributed by atoms with van der Waals surface area (Å²) < 4.78 is 26.4. The molecular weight excluding hydrogens is 268 g/mol. The number of nitrogens with zero attached hydrogens (tertiary/aromatic N) is 2. The van der Waals surface area contributed by atoms with Crippen LogP contribution in [0, 0.1) is 0 Å². The van der Waals surface area contributed by atoms with Crippen molar-refractivity contribution in [1.29, 1.82) is 0 Å². The van der Waals surface area contributed by atoms with Crippen LogP contribution in [-0.2, 0) is 23.1 Å². The number of H-pyrrole nitrogens is 1. The Morgan fingerprint density at radius 2 is 2.21 bits per heavy atom. The predicted octanol–water partition coefficient (Wildman–Crippen LogP) is -0.182. The topological polar surface area (TPSA) is 108 Å². The Morgan fingerprint density at radius 1 is 1.37 bits per heavy atom. The molecule has 19 heavy (non-hydrogen) atoms. The van der Waals surface area contributed by atoms with Crippen LogP contribution >= 0.6 is 0 Å². The van der Waals surface area contributed by atoms with Crippen LogP contribution in [0.1, 0.15) is 11.1 Å². The van der Waals surface area contributed by atoms with Gasteiger partial charge in [-0.15, -0.1) is 0 Å². The molecule has 0 aliphatic carbocycles. The molecular formula is C11H14N4O3S. The molecule has 0 amide bonds. The lowest BCUT2D eigenvalue weighted by atomic mass is 10.2. The Hall–Kier alpha value is -1.77. The van der Waals surface area contributed by atoms with E-state index in [0.717, 1.165) is 5.56 Å². The van der Waals surface area contributed by atoms with Gasteiger partial charge in [0.15, 0.2) is 5.03 Å². The number of hydrogen-bond acceptors (Lipinski definition) is 5. The zero-order valence-electron chi connectivity index (χ0n) is 10.1.